The number of H-pyrrole nitrogens is 2. The molecule has 0 radical (unpaired) electrons. The molecule has 2 nitrogen and oxygen atoms in total. The van der Waals surface area contributed by atoms with E-state index < -0.39 is 12.6 Å². The molecule has 2 aromatic carbocycles. The van der Waals surface area contributed by atoms with Crippen molar-refractivity contribution in [3.63, 3.8) is 0 Å². The first kappa shape index (κ1) is 13.9. The highest BCUT2D eigenvalue weighted by Gasteiger charge is 2.31. The van der Waals surface area contributed by atoms with Gasteiger partial charge in [-0.1, -0.05) is 30.3 Å². The maximum Gasteiger partial charge on any atom is 0.393 e. The topological polar surface area (TPSA) is 31.6 Å². The monoisotopic (exact) mass is 314 g/mol. The maximum absolute atomic E-state index is 13.0. The predicted octanol–water partition coefficient (Wildman–Crippen LogP) is 5.42. The van der Waals surface area contributed by atoms with Crippen LogP contribution in [0.1, 0.15) is 5.56 Å². The van der Waals surface area contributed by atoms with Gasteiger partial charge in [0.05, 0.1) is 12.1 Å². The molecule has 2 heterocycles. The summed E-state index contributed by atoms with van der Waals surface area (Å²) in [6.45, 7) is 0. The molecular formula is C18H13F3N2. The first-order valence-electron chi connectivity index (χ1n) is 7.25. The molecule has 5 heteroatoms. The molecule has 0 saturated heterocycles. The van der Waals surface area contributed by atoms with Crippen LogP contribution in [0.5, 0.6) is 0 Å². The summed E-state index contributed by atoms with van der Waals surface area (Å²) in [5.41, 5.74) is 3.18. The van der Waals surface area contributed by atoms with Crippen molar-refractivity contribution in [3.8, 4) is 11.3 Å². The van der Waals surface area contributed by atoms with E-state index in [2.05, 4.69) is 9.97 Å². The number of fused-ring (bicyclic) bond motifs is 2. The Morgan fingerprint density at radius 3 is 2.57 bits per heavy atom. The Bertz CT molecular complexity index is 992. The smallest absolute Gasteiger partial charge is 0.361 e. The molecule has 4 rings (SSSR count). The highest BCUT2D eigenvalue weighted by Crippen LogP contribution is 2.35. The Labute approximate surface area is 129 Å². The molecule has 23 heavy (non-hydrogen) atoms. The highest BCUT2D eigenvalue weighted by molar-refractivity contribution is 5.93. The van der Waals surface area contributed by atoms with E-state index in [1.165, 1.54) is 0 Å². The molecule has 0 atom stereocenters. The van der Waals surface area contributed by atoms with Crippen molar-refractivity contribution in [1.82, 2.24) is 9.97 Å². The van der Waals surface area contributed by atoms with Crippen LogP contribution in [-0.4, -0.2) is 16.1 Å². The van der Waals surface area contributed by atoms with Crippen LogP contribution in [-0.2, 0) is 6.42 Å². The molecule has 4 aromatic rings. The van der Waals surface area contributed by atoms with E-state index in [4.69, 9.17) is 0 Å². The third-order valence-corrected chi connectivity index (χ3v) is 4.03. The number of hydrogen-bond donors (Lipinski definition) is 2. The van der Waals surface area contributed by atoms with Crippen molar-refractivity contribution >= 4 is 21.8 Å². The summed E-state index contributed by atoms with van der Waals surface area (Å²) in [6.07, 6.45) is -3.39. The quantitative estimate of drug-likeness (QED) is 0.495. The predicted molar refractivity (Wildman–Crippen MR) is 85.4 cm³/mol. The van der Waals surface area contributed by atoms with Gasteiger partial charge in [0.15, 0.2) is 0 Å². The summed E-state index contributed by atoms with van der Waals surface area (Å²) in [4.78, 5) is 6.24. The Balaban J connectivity index is 1.95. The second-order valence-electron chi connectivity index (χ2n) is 5.60. The Morgan fingerprint density at radius 1 is 0.913 bits per heavy atom. The van der Waals surface area contributed by atoms with E-state index >= 15 is 0 Å². The molecule has 0 aliphatic rings. The van der Waals surface area contributed by atoms with Gasteiger partial charge in [-0.25, -0.2) is 0 Å². The van der Waals surface area contributed by atoms with Crippen LogP contribution in [0.25, 0.3) is 33.1 Å². The number of alkyl halides is 3. The van der Waals surface area contributed by atoms with Crippen molar-refractivity contribution in [2.75, 3.05) is 0 Å². The number of halogens is 3. The molecule has 2 aromatic heterocycles. The highest BCUT2D eigenvalue weighted by atomic mass is 19.4. The lowest BCUT2D eigenvalue weighted by atomic mass is 10.0. The first-order valence-corrected chi connectivity index (χ1v) is 7.25. The summed E-state index contributed by atoms with van der Waals surface area (Å²) in [7, 11) is 0. The van der Waals surface area contributed by atoms with Crippen molar-refractivity contribution < 1.29 is 13.2 Å². The molecule has 0 aliphatic heterocycles. The number of para-hydroxylation sites is 1. The van der Waals surface area contributed by atoms with Crippen molar-refractivity contribution in [2.24, 2.45) is 0 Å². The number of aromatic amines is 2. The third-order valence-electron chi connectivity index (χ3n) is 4.03. The van der Waals surface area contributed by atoms with E-state index in [0.29, 0.717) is 22.2 Å². The molecule has 0 fully saturated rings. The van der Waals surface area contributed by atoms with E-state index in [1.54, 1.807) is 18.2 Å². The fourth-order valence-corrected chi connectivity index (χ4v) is 3.03. The van der Waals surface area contributed by atoms with Gasteiger partial charge < -0.3 is 9.97 Å². The normalized spacial score (nSPS) is 12.3. The molecular weight excluding hydrogens is 301 g/mol. The van der Waals surface area contributed by atoms with Crippen LogP contribution in [0, 0.1) is 0 Å². The molecule has 2 N–H and O–H groups in total. The van der Waals surface area contributed by atoms with E-state index in [1.807, 2.05) is 36.5 Å². The van der Waals surface area contributed by atoms with E-state index in [0.717, 1.165) is 16.5 Å². The fraction of sp³-hybridized carbons (Fsp3) is 0.111. The van der Waals surface area contributed by atoms with Crippen molar-refractivity contribution in [2.45, 2.75) is 12.6 Å². The summed E-state index contributed by atoms with van der Waals surface area (Å²) >= 11 is 0. The standard InChI is InChI=1S/C18H13F3N2/c19-18(20,21)10-14-13-3-1-2-4-15(13)23-17(14)12-6-5-11-7-8-22-16(11)9-12/h1-9,22-23H,10H2. The largest absolute Gasteiger partial charge is 0.393 e. The molecule has 116 valence electrons. The van der Waals surface area contributed by atoms with E-state index in [-0.39, 0.29) is 0 Å². The van der Waals surface area contributed by atoms with Crippen LogP contribution in [0.3, 0.4) is 0 Å². The molecule has 0 spiro atoms. The van der Waals surface area contributed by atoms with Gasteiger partial charge in [0.1, 0.15) is 0 Å². The van der Waals surface area contributed by atoms with Crippen LogP contribution in [0.15, 0.2) is 54.7 Å². The minimum Gasteiger partial charge on any atom is -0.361 e. The average Bonchev–Trinajstić information content (AvgIpc) is 3.10. The number of benzene rings is 2. The zero-order valence-corrected chi connectivity index (χ0v) is 12.0. The molecule has 0 saturated carbocycles. The zero-order chi connectivity index (χ0) is 16.0. The molecule has 0 unspecified atom stereocenters. The van der Waals surface area contributed by atoms with Gasteiger partial charge in [-0.3, -0.25) is 0 Å². The number of rotatable bonds is 2. The van der Waals surface area contributed by atoms with Gasteiger partial charge in [-0.2, -0.15) is 13.2 Å². The minimum absolute atomic E-state index is 0.291. The van der Waals surface area contributed by atoms with Gasteiger partial charge in [0.25, 0.3) is 0 Å². The van der Waals surface area contributed by atoms with Gasteiger partial charge >= 0.3 is 6.18 Å². The summed E-state index contributed by atoms with van der Waals surface area (Å²) in [5, 5.41) is 1.65. The second-order valence-corrected chi connectivity index (χ2v) is 5.60. The Hall–Kier alpha value is -2.69. The Morgan fingerprint density at radius 2 is 1.74 bits per heavy atom. The lowest BCUT2D eigenvalue weighted by molar-refractivity contribution is -0.126. The maximum atomic E-state index is 13.0. The van der Waals surface area contributed by atoms with Gasteiger partial charge in [0.2, 0.25) is 0 Å². The third kappa shape index (κ3) is 2.48. The molecule has 0 aliphatic carbocycles. The first-order chi connectivity index (χ1) is 11.0. The van der Waals surface area contributed by atoms with Crippen LogP contribution < -0.4 is 0 Å². The molecule has 0 amide bonds. The lowest BCUT2D eigenvalue weighted by Gasteiger charge is -2.09. The van der Waals surface area contributed by atoms with Crippen molar-refractivity contribution in [1.29, 1.82) is 0 Å². The summed E-state index contributed by atoms with van der Waals surface area (Å²) < 4.78 is 39.1. The summed E-state index contributed by atoms with van der Waals surface area (Å²) in [5.74, 6) is 0. The SMILES string of the molecule is FC(F)(F)Cc1c(-c2ccc3cc[nH]c3c2)[nH]c2ccccc12. The van der Waals surface area contributed by atoms with Gasteiger partial charge in [-0.05, 0) is 29.1 Å². The fourth-order valence-electron chi connectivity index (χ4n) is 3.03. The number of nitrogens with one attached hydrogen (secondary N) is 2. The Kier molecular flexibility index (Phi) is 2.98. The number of aromatic nitrogens is 2. The second kappa shape index (κ2) is 4.91. The van der Waals surface area contributed by atoms with Crippen LogP contribution >= 0.6 is 0 Å². The van der Waals surface area contributed by atoms with Crippen LogP contribution in [0.4, 0.5) is 13.2 Å². The average molecular weight is 314 g/mol. The summed E-state index contributed by atoms with van der Waals surface area (Å²) in [6, 6.07) is 14.7. The lowest BCUT2D eigenvalue weighted by Crippen LogP contribution is -2.11. The minimum atomic E-state index is -4.25. The van der Waals surface area contributed by atoms with Crippen molar-refractivity contribution in [3.05, 3.63) is 60.3 Å². The van der Waals surface area contributed by atoms with Gasteiger partial charge in [-0.15, -0.1) is 0 Å². The zero-order valence-electron chi connectivity index (χ0n) is 12.0. The number of hydrogen-bond acceptors (Lipinski definition) is 0. The van der Waals surface area contributed by atoms with Crippen LogP contribution in [0.2, 0.25) is 0 Å². The van der Waals surface area contributed by atoms with Gasteiger partial charge in [0, 0.05) is 28.2 Å². The molecule has 0 bridgehead atoms. The van der Waals surface area contributed by atoms with E-state index in [9.17, 15) is 13.2 Å².